The molecule has 7 aromatic carbocycles. The zero-order valence-corrected chi connectivity index (χ0v) is 25.8. The van der Waals surface area contributed by atoms with E-state index in [1.165, 1.54) is 10.8 Å². The number of fused-ring (bicyclic) bond motifs is 6. The van der Waals surface area contributed by atoms with Gasteiger partial charge < -0.3 is 9.13 Å². The maximum Gasteiger partial charge on any atom is 0.0998 e. The zero-order valence-electron chi connectivity index (χ0n) is 25.8. The Hall–Kier alpha value is -6.88. The Balaban J connectivity index is 1.33. The molecule has 222 valence electrons. The van der Waals surface area contributed by atoms with Gasteiger partial charge in [0, 0.05) is 38.4 Å². The summed E-state index contributed by atoms with van der Waals surface area (Å²) < 4.78 is 4.54. The van der Waals surface area contributed by atoms with Crippen LogP contribution in [0.5, 0.6) is 0 Å². The van der Waals surface area contributed by atoms with Crippen LogP contribution in [0, 0.1) is 22.7 Å². The van der Waals surface area contributed by atoms with E-state index < -0.39 is 0 Å². The van der Waals surface area contributed by atoms with E-state index in [1.807, 2.05) is 42.5 Å². The van der Waals surface area contributed by atoms with Crippen LogP contribution in [-0.4, -0.2) is 9.13 Å². The van der Waals surface area contributed by atoms with Crippen molar-refractivity contribution in [2.75, 3.05) is 0 Å². The van der Waals surface area contributed by atoms with Gasteiger partial charge in [0.1, 0.15) is 0 Å². The van der Waals surface area contributed by atoms with E-state index >= 15 is 0 Å². The number of rotatable bonds is 4. The SMILES string of the molecule is N#Cc1cc(-c2c(C#N)cccc2-c2ccccc2-n2c3ccccc3c3ccccc32)cc(-n2c3ccccc3c3ccccc32)c1. The molecule has 0 unspecified atom stereocenters. The molecule has 0 N–H and O–H groups in total. The fraction of sp³-hybridized carbons (Fsp3) is 0. The number of para-hydroxylation sites is 5. The van der Waals surface area contributed by atoms with Gasteiger partial charge in [-0.1, -0.05) is 103 Å². The van der Waals surface area contributed by atoms with Crippen molar-refractivity contribution >= 4 is 43.6 Å². The van der Waals surface area contributed by atoms with Gasteiger partial charge in [0.2, 0.25) is 0 Å². The first-order chi connectivity index (χ1) is 23.7. The highest BCUT2D eigenvalue weighted by Gasteiger charge is 2.21. The lowest BCUT2D eigenvalue weighted by atomic mass is 9.89. The molecule has 9 rings (SSSR count). The maximum absolute atomic E-state index is 10.5. The molecule has 4 heteroatoms. The first-order valence-corrected chi connectivity index (χ1v) is 15.9. The van der Waals surface area contributed by atoms with Crippen LogP contribution in [0.25, 0.3) is 77.2 Å². The first-order valence-electron chi connectivity index (χ1n) is 15.9. The summed E-state index contributed by atoms with van der Waals surface area (Å²) in [5.74, 6) is 0. The molecule has 0 saturated carbocycles. The van der Waals surface area contributed by atoms with Gasteiger partial charge in [-0.3, -0.25) is 0 Å². The molecule has 9 aromatic rings. The smallest absolute Gasteiger partial charge is 0.0998 e. The fourth-order valence-electron chi connectivity index (χ4n) is 7.41. The van der Waals surface area contributed by atoms with Gasteiger partial charge in [0.15, 0.2) is 0 Å². The second kappa shape index (κ2) is 10.9. The second-order valence-electron chi connectivity index (χ2n) is 12.0. The largest absolute Gasteiger partial charge is 0.309 e. The van der Waals surface area contributed by atoms with Crippen LogP contribution in [0.1, 0.15) is 11.1 Å². The summed E-state index contributed by atoms with van der Waals surface area (Å²) in [4.78, 5) is 0. The third-order valence-electron chi connectivity index (χ3n) is 9.37. The summed E-state index contributed by atoms with van der Waals surface area (Å²) >= 11 is 0. The average molecular weight is 611 g/mol. The molecule has 4 nitrogen and oxygen atoms in total. The molecule has 0 saturated heterocycles. The summed E-state index contributed by atoms with van der Waals surface area (Å²) in [6, 6.07) is 58.8. The Labute approximate surface area is 277 Å². The zero-order chi connectivity index (χ0) is 32.2. The molecule has 2 aromatic heterocycles. The summed E-state index contributed by atoms with van der Waals surface area (Å²) in [5.41, 5.74) is 10.9. The molecule has 0 spiro atoms. The van der Waals surface area contributed by atoms with Crippen molar-refractivity contribution in [1.29, 1.82) is 10.5 Å². The van der Waals surface area contributed by atoms with Crippen molar-refractivity contribution in [3.63, 3.8) is 0 Å². The van der Waals surface area contributed by atoms with Crippen LogP contribution in [0.3, 0.4) is 0 Å². The summed E-state index contributed by atoms with van der Waals surface area (Å²) in [7, 11) is 0. The van der Waals surface area contributed by atoms with Gasteiger partial charge in [-0.2, -0.15) is 10.5 Å². The average Bonchev–Trinajstić information content (AvgIpc) is 3.67. The van der Waals surface area contributed by atoms with Crippen molar-refractivity contribution in [2.45, 2.75) is 0 Å². The number of benzene rings is 7. The molecule has 0 aliphatic heterocycles. The first kappa shape index (κ1) is 27.4. The van der Waals surface area contributed by atoms with E-state index in [4.69, 9.17) is 0 Å². The van der Waals surface area contributed by atoms with E-state index in [-0.39, 0.29) is 0 Å². The number of nitrogens with zero attached hydrogens (tertiary/aromatic N) is 4. The van der Waals surface area contributed by atoms with E-state index in [0.29, 0.717) is 11.1 Å². The predicted molar refractivity (Wildman–Crippen MR) is 195 cm³/mol. The quantitative estimate of drug-likeness (QED) is 0.199. The summed E-state index contributed by atoms with van der Waals surface area (Å²) in [5, 5.41) is 25.5. The second-order valence-corrected chi connectivity index (χ2v) is 12.0. The Morgan fingerprint density at radius 2 is 0.917 bits per heavy atom. The van der Waals surface area contributed by atoms with Gasteiger partial charge in [-0.15, -0.1) is 0 Å². The standard InChI is InChI=1S/C44H26N4/c45-27-29-24-31(26-32(25-29)47-39-19-6-1-13-33(39)34-14-2-7-20-40(34)47)44-30(28-46)12-11-18-38(44)37-17-5-10-23-43(37)48-41-21-8-3-15-35(41)36-16-4-9-22-42(36)48/h1-26H. The van der Waals surface area contributed by atoms with E-state index in [0.717, 1.165) is 66.5 Å². The molecule has 0 radical (unpaired) electrons. The minimum atomic E-state index is 0.527. The van der Waals surface area contributed by atoms with Crippen LogP contribution in [0.4, 0.5) is 0 Å². The molecular weight excluding hydrogens is 585 g/mol. The molecule has 0 aliphatic carbocycles. The highest BCUT2D eigenvalue weighted by Crippen LogP contribution is 2.42. The van der Waals surface area contributed by atoms with Crippen molar-refractivity contribution in [2.24, 2.45) is 0 Å². The van der Waals surface area contributed by atoms with Crippen LogP contribution < -0.4 is 0 Å². The van der Waals surface area contributed by atoms with Crippen molar-refractivity contribution in [1.82, 2.24) is 9.13 Å². The lowest BCUT2D eigenvalue weighted by Crippen LogP contribution is -2.00. The predicted octanol–water partition coefficient (Wildman–Crippen LogP) is 11.0. The van der Waals surface area contributed by atoms with Gasteiger partial charge in [0.05, 0.1) is 51.0 Å². The number of aromatic nitrogens is 2. The minimum absolute atomic E-state index is 0.527. The van der Waals surface area contributed by atoms with E-state index in [1.54, 1.807) is 0 Å². The molecule has 48 heavy (non-hydrogen) atoms. The third kappa shape index (κ3) is 4.07. The van der Waals surface area contributed by atoms with Crippen LogP contribution in [0.2, 0.25) is 0 Å². The Morgan fingerprint density at radius 1 is 0.417 bits per heavy atom. The highest BCUT2D eigenvalue weighted by atomic mass is 15.0. The van der Waals surface area contributed by atoms with Gasteiger partial charge >= 0.3 is 0 Å². The molecule has 0 atom stereocenters. The molecule has 0 fully saturated rings. The molecule has 2 heterocycles. The molecule has 0 amide bonds. The maximum atomic E-state index is 10.5. The monoisotopic (exact) mass is 610 g/mol. The van der Waals surface area contributed by atoms with Crippen molar-refractivity contribution in [3.8, 4) is 45.8 Å². The van der Waals surface area contributed by atoms with Crippen LogP contribution >= 0.6 is 0 Å². The fourth-order valence-corrected chi connectivity index (χ4v) is 7.41. The minimum Gasteiger partial charge on any atom is -0.309 e. The van der Waals surface area contributed by atoms with Crippen molar-refractivity contribution < 1.29 is 0 Å². The van der Waals surface area contributed by atoms with Gasteiger partial charge in [0.25, 0.3) is 0 Å². The molecular formula is C44H26N4. The van der Waals surface area contributed by atoms with Crippen LogP contribution in [0.15, 0.2) is 158 Å². The molecule has 0 bridgehead atoms. The normalized spacial score (nSPS) is 11.3. The number of nitriles is 2. The Bertz CT molecular complexity index is 2710. The van der Waals surface area contributed by atoms with Crippen molar-refractivity contribution in [3.05, 3.63) is 169 Å². The Morgan fingerprint density at radius 3 is 1.48 bits per heavy atom. The van der Waals surface area contributed by atoms with E-state index in [9.17, 15) is 10.5 Å². The lowest BCUT2D eigenvalue weighted by molar-refractivity contribution is 1.18. The summed E-state index contributed by atoms with van der Waals surface area (Å²) in [6.45, 7) is 0. The molecule has 0 aliphatic rings. The highest BCUT2D eigenvalue weighted by molar-refractivity contribution is 6.11. The van der Waals surface area contributed by atoms with Crippen LogP contribution in [-0.2, 0) is 0 Å². The van der Waals surface area contributed by atoms with Gasteiger partial charge in [-0.05, 0) is 65.7 Å². The lowest BCUT2D eigenvalue weighted by Gasteiger charge is -2.19. The topological polar surface area (TPSA) is 57.4 Å². The van der Waals surface area contributed by atoms with Gasteiger partial charge in [-0.25, -0.2) is 0 Å². The number of hydrogen-bond donors (Lipinski definition) is 0. The summed E-state index contributed by atoms with van der Waals surface area (Å²) in [6.07, 6.45) is 0. The number of hydrogen-bond acceptors (Lipinski definition) is 2. The third-order valence-corrected chi connectivity index (χ3v) is 9.37. The van der Waals surface area contributed by atoms with E-state index in [2.05, 4.69) is 137 Å². The Kier molecular flexibility index (Phi) is 6.22.